The Morgan fingerprint density at radius 3 is 2.31 bits per heavy atom. The van der Waals surface area contributed by atoms with Crippen LogP contribution in [0.3, 0.4) is 0 Å². The third-order valence-electron chi connectivity index (χ3n) is 6.73. The first kappa shape index (κ1) is 24.6. The van der Waals surface area contributed by atoms with Gasteiger partial charge in [-0.3, -0.25) is 9.59 Å². The van der Waals surface area contributed by atoms with E-state index in [9.17, 15) is 14.0 Å². The van der Waals surface area contributed by atoms with E-state index in [1.807, 2.05) is 36.4 Å². The topological polar surface area (TPSA) is 49.9 Å². The summed E-state index contributed by atoms with van der Waals surface area (Å²) in [5, 5.41) is 0. The van der Waals surface area contributed by atoms with Crippen LogP contribution in [0.4, 0.5) is 10.1 Å². The number of hydrogen-bond donors (Lipinski definition) is 0. The number of amides is 2. The molecule has 5 nitrogen and oxygen atoms in total. The molecule has 3 aromatic carbocycles. The highest BCUT2D eigenvalue weighted by Gasteiger charge is 2.45. The summed E-state index contributed by atoms with van der Waals surface area (Å²) >= 11 is 0. The second-order valence-electron chi connectivity index (χ2n) is 9.20. The lowest BCUT2D eigenvalue weighted by atomic mass is 9.78. The van der Waals surface area contributed by atoms with Gasteiger partial charge in [0.2, 0.25) is 5.91 Å². The van der Waals surface area contributed by atoms with E-state index in [2.05, 4.69) is 13.8 Å². The summed E-state index contributed by atoms with van der Waals surface area (Å²) in [5.74, 6) is -0.955. The zero-order chi connectivity index (χ0) is 25.1. The smallest absolute Gasteiger partial charge is 0.254 e. The minimum absolute atomic E-state index is 0.140. The highest BCUT2D eigenvalue weighted by atomic mass is 19.1. The van der Waals surface area contributed by atoms with Crippen LogP contribution in [0.2, 0.25) is 0 Å². The van der Waals surface area contributed by atoms with Gasteiger partial charge in [-0.05, 0) is 52.9 Å². The molecule has 0 radical (unpaired) electrons. The fourth-order valence-electron chi connectivity index (χ4n) is 4.74. The third-order valence-corrected chi connectivity index (χ3v) is 6.73. The van der Waals surface area contributed by atoms with Gasteiger partial charge in [-0.2, -0.15) is 0 Å². The summed E-state index contributed by atoms with van der Waals surface area (Å²) in [6, 6.07) is 20.6. The van der Waals surface area contributed by atoms with Gasteiger partial charge in [0, 0.05) is 32.0 Å². The molecule has 0 saturated heterocycles. The van der Waals surface area contributed by atoms with E-state index in [1.165, 1.54) is 17.7 Å². The Labute approximate surface area is 206 Å². The van der Waals surface area contributed by atoms with E-state index in [0.717, 1.165) is 5.69 Å². The van der Waals surface area contributed by atoms with Crippen LogP contribution < -0.4 is 4.90 Å². The molecular weight excluding hydrogens is 443 g/mol. The zero-order valence-corrected chi connectivity index (χ0v) is 20.6. The average Bonchev–Trinajstić information content (AvgIpc) is 2.88. The summed E-state index contributed by atoms with van der Waals surface area (Å²) in [5.41, 5.74) is 3.85. The largest absolute Gasteiger partial charge is 0.383 e. The lowest BCUT2D eigenvalue weighted by Crippen LogP contribution is -2.48. The normalized spacial score (nSPS) is 17.4. The molecule has 35 heavy (non-hydrogen) atoms. The van der Waals surface area contributed by atoms with Crippen molar-refractivity contribution in [1.29, 1.82) is 0 Å². The van der Waals surface area contributed by atoms with E-state index >= 15 is 0 Å². The molecule has 0 aliphatic carbocycles. The number of benzene rings is 3. The number of hydrogen-bond acceptors (Lipinski definition) is 3. The summed E-state index contributed by atoms with van der Waals surface area (Å²) < 4.78 is 19.1. The number of nitrogens with zero attached hydrogens (tertiary/aromatic N) is 2. The molecule has 1 aliphatic heterocycles. The van der Waals surface area contributed by atoms with Crippen LogP contribution in [0.5, 0.6) is 0 Å². The first-order valence-corrected chi connectivity index (χ1v) is 11.8. The Bertz CT molecular complexity index is 1190. The van der Waals surface area contributed by atoms with Crippen molar-refractivity contribution in [1.82, 2.24) is 4.90 Å². The number of carbonyl (C=O) groups is 2. The van der Waals surface area contributed by atoms with Crippen molar-refractivity contribution in [2.75, 3.05) is 32.2 Å². The predicted octanol–water partition coefficient (Wildman–Crippen LogP) is 5.54. The predicted molar refractivity (Wildman–Crippen MR) is 135 cm³/mol. The molecule has 0 saturated carbocycles. The molecule has 0 aromatic heterocycles. The van der Waals surface area contributed by atoms with Crippen LogP contribution in [0.15, 0.2) is 72.8 Å². The maximum Gasteiger partial charge on any atom is 0.254 e. The van der Waals surface area contributed by atoms with Gasteiger partial charge >= 0.3 is 0 Å². The Kier molecular flexibility index (Phi) is 7.31. The number of rotatable bonds is 7. The number of likely N-dealkylation sites (N-methyl/N-ethyl adjacent to an activating group) is 1. The van der Waals surface area contributed by atoms with E-state index in [-0.39, 0.29) is 17.6 Å². The summed E-state index contributed by atoms with van der Waals surface area (Å²) in [7, 11) is 3.33. The van der Waals surface area contributed by atoms with Crippen molar-refractivity contribution >= 4 is 17.5 Å². The number of methoxy groups -OCH3 is 1. The molecule has 182 valence electrons. The number of ether oxygens (including phenoxy) is 1. The SMILES string of the molecule is COCCN1C(=O)c2ccccc2C(C(=O)N(C)c2ccc(C(C)C)cc2)C1c1ccc(F)cc1. The van der Waals surface area contributed by atoms with Gasteiger partial charge in [-0.25, -0.2) is 4.39 Å². The van der Waals surface area contributed by atoms with Gasteiger partial charge in [-0.15, -0.1) is 0 Å². The summed E-state index contributed by atoms with van der Waals surface area (Å²) in [6.45, 7) is 4.88. The fourth-order valence-corrected chi connectivity index (χ4v) is 4.74. The van der Waals surface area contributed by atoms with Crippen LogP contribution in [0.25, 0.3) is 0 Å². The lowest BCUT2D eigenvalue weighted by Gasteiger charge is -2.42. The van der Waals surface area contributed by atoms with Gasteiger partial charge in [0.1, 0.15) is 5.82 Å². The van der Waals surface area contributed by atoms with Crippen molar-refractivity contribution in [3.8, 4) is 0 Å². The summed E-state index contributed by atoms with van der Waals surface area (Å²) in [6.07, 6.45) is 0. The standard InChI is InChI=1S/C29H31FN2O3/c1-19(2)20-11-15-23(16-12-20)31(3)29(34)26-24-7-5-6-8-25(24)28(33)32(17-18-35-4)27(26)21-9-13-22(30)14-10-21/h5-16,19,26-27H,17-18H2,1-4H3. The van der Waals surface area contributed by atoms with Crippen molar-refractivity contribution in [2.24, 2.45) is 0 Å². The molecule has 0 bridgehead atoms. The monoisotopic (exact) mass is 474 g/mol. The van der Waals surface area contributed by atoms with Crippen LogP contribution in [0.1, 0.15) is 58.8 Å². The number of halogens is 1. The first-order valence-electron chi connectivity index (χ1n) is 11.8. The Balaban J connectivity index is 1.82. The molecule has 2 atom stereocenters. The molecule has 4 rings (SSSR count). The van der Waals surface area contributed by atoms with Crippen LogP contribution in [0, 0.1) is 5.82 Å². The van der Waals surface area contributed by atoms with Crippen molar-refractivity contribution in [3.63, 3.8) is 0 Å². The molecule has 1 heterocycles. The molecule has 0 N–H and O–H groups in total. The second-order valence-corrected chi connectivity index (χ2v) is 9.20. The minimum atomic E-state index is -0.666. The van der Waals surface area contributed by atoms with Crippen LogP contribution >= 0.6 is 0 Å². The molecule has 2 amide bonds. The number of anilines is 1. The van der Waals surface area contributed by atoms with E-state index < -0.39 is 12.0 Å². The average molecular weight is 475 g/mol. The molecule has 1 aliphatic rings. The second kappa shape index (κ2) is 10.4. The summed E-state index contributed by atoms with van der Waals surface area (Å²) in [4.78, 5) is 31.0. The maximum atomic E-state index is 14.1. The van der Waals surface area contributed by atoms with Crippen LogP contribution in [-0.4, -0.2) is 44.0 Å². The minimum Gasteiger partial charge on any atom is -0.383 e. The van der Waals surface area contributed by atoms with Crippen molar-refractivity contribution in [3.05, 3.63) is 101 Å². The third kappa shape index (κ3) is 4.84. The van der Waals surface area contributed by atoms with E-state index in [0.29, 0.717) is 35.8 Å². The molecule has 0 fully saturated rings. The Hall–Kier alpha value is -3.51. The highest BCUT2D eigenvalue weighted by Crippen LogP contribution is 2.44. The van der Waals surface area contributed by atoms with Gasteiger partial charge in [0.15, 0.2) is 0 Å². The molecule has 3 aromatic rings. The quantitative estimate of drug-likeness (QED) is 0.452. The Morgan fingerprint density at radius 1 is 1.03 bits per heavy atom. The van der Waals surface area contributed by atoms with Gasteiger partial charge < -0.3 is 14.5 Å². The molecule has 6 heteroatoms. The van der Waals surface area contributed by atoms with Crippen molar-refractivity contribution in [2.45, 2.75) is 31.7 Å². The van der Waals surface area contributed by atoms with Gasteiger partial charge in [0.25, 0.3) is 5.91 Å². The zero-order valence-electron chi connectivity index (χ0n) is 20.6. The highest BCUT2D eigenvalue weighted by molar-refractivity contribution is 6.05. The van der Waals surface area contributed by atoms with Gasteiger partial charge in [-0.1, -0.05) is 56.3 Å². The van der Waals surface area contributed by atoms with Crippen molar-refractivity contribution < 1.29 is 18.7 Å². The molecular formula is C29H31FN2O3. The Morgan fingerprint density at radius 2 is 1.69 bits per heavy atom. The number of fused-ring (bicyclic) bond motifs is 1. The van der Waals surface area contributed by atoms with Gasteiger partial charge in [0.05, 0.1) is 18.6 Å². The van der Waals surface area contributed by atoms with E-state index in [1.54, 1.807) is 48.2 Å². The molecule has 0 spiro atoms. The van der Waals surface area contributed by atoms with E-state index in [4.69, 9.17) is 4.74 Å². The first-order chi connectivity index (χ1) is 16.8. The van der Waals surface area contributed by atoms with Crippen LogP contribution in [-0.2, 0) is 9.53 Å². The fraction of sp³-hybridized carbons (Fsp3) is 0.310. The molecule has 2 unspecified atom stereocenters. The lowest BCUT2D eigenvalue weighted by molar-refractivity contribution is -0.121. The number of carbonyl (C=O) groups excluding carboxylic acids is 2. The maximum absolute atomic E-state index is 14.1.